The number of carbonyl (C=O) groups is 2. The normalized spacial score (nSPS) is 21.3. The first-order valence-electron chi connectivity index (χ1n) is 6.52. The molecule has 1 aliphatic rings. The molecule has 0 aliphatic carbocycles. The number of nitrogens with zero attached hydrogens (tertiary/aromatic N) is 1. The summed E-state index contributed by atoms with van der Waals surface area (Å²) in [6.45, 7) is 2.60. The first kappa shape index (κ1) is 16.3. The Hall–Kier alpha value is -1.11. The number of hydrogen-bond acceptors (Lipinski definition) is 3. The molecular formula is C14H15BrClNO4. The summed E-state index contributed by atoms with van der Waals surface area (Å²) in [5.41, 5.74) is 0.456. The number of hydrogen-bond donors (Lipinski definition) is 1. The van der Waals surface area contributed by atoms with Gasteiger partial charge in [0.25, 0.3) is 5.91 Å². The number of carboxylic acids is 1. The number of carbonyl (C=O) groups excluding carboxylic acids is 1. The number of ether oxygens (including phenoxy) is 1. The van der Waals surface area contributed by atoms with Crippen LogP contribution in [0, 0.1) is 5.92 Å². The third-order valence-corrected chi connectivity index (χ3v) is 4.42. The highest BCUT2D eigenvalue weighted by Gasteiger charge is 2.39. The van der Waals surface area contributed by atoms with Gasteiger partial charge in [-0.3, -0.25) is 9.59 Å². The summed E-state index contributed by atoms with van der Waals surface area (Å²) in [5, 5.41) is 9.75. The Kier molecular flexibility index (Phi) is 5.24. The number of aliphatic carboxylic acids is 1. The standard InChI is InChI=1S/C14H15BrClNO4/c1-2-17(12-7-21-6-10(12)14(19)20)13(18)9-4-3-8(16)5-11(9)15/h3-5,10,12H,2,6-7H2,1H3,(H,19,20). The van der Waals surface area contributed by atoms with E-state index in [1.54, 1.807) is 23.1 Å². The molecule has 0 radical (unpaired) electrons. The average molecular weight is 377 g/mol. The molecule has 1 amide bonds. The van der Waals surface area contributed by atoms with E-state index in [2.05, 4.69) is 15.9 Å². The third-order valence-electron chi connectivity index (χ3n) is 3.53. The molecule has 1 saturated heterocycles. The Morgan fingerprint density at radius 3 is 2.76 bits per heavy atom. The number of halogens is 2. The van der Waals surface area contributed by atoms with Crippen LogP contribution in [0.5, 0.6) is 0 Å². The first-order chi connectivity index (χ1) is 9.95. The fraction of sp³-hybridized carbons (Fsp3) is 0.429. The summed E-state index contributed by atoms with van der Waals surface area (Å²) in [7, 11) is 0. The Balaban J connectivity index is 2.28. The predicted octanol–water partition coefficient (Wildman–Crippen LogP) is 2.66. The van der Waals surface area contributed by atoms with Crippen LogP contribution in [0.2, 0.25) is 5.02 Å². The largest absolute Gasteiger partial charge is 0.481 e. The van der Waals surface area contributed by atoms with Crippen molar-refractivity contribution in [2.24, 2.45) is 5.92 Å². The van der Waals surface area contributed by atoms with E-state index in [4.69, 9.17) is 16.3 Å². The van der Waals surface area contributed by atoms with Crippen molar-refractivity contribution >= 4 is 39.4 Å². The summed E-state index contributed by atoms with van der Waals surface area (Å²) >= 11 is 9.19. The molecule has 0 bridgehead atoms. The van der Waals surface area contributed by atoms with Crippen LogP contribution in [0.3, 0.4) is 0 Å². The van der Waals surface area contributed by atoms with Gasteiger partial charge in [0, 0.05) is 16.0 Å². The second-order valence-corrected chi connectivity index (χ2v) is 6.06. The molecule has 0 spiro atoms. The number of benzene rings is 1. The fourth-order valence-corrected chi connectivity index (χ4v) is 3.28. The maximum Gasteiger partial charge on any atom is 0.311 e. The summed E-state index contributed by atoms with van der Waals surface area (Å²) in [6.07, 6.45) is 0. The topological polar surface area (TPSA) is 66.8 Å². The number of likely N-dealkylation sites (N-methyl/N-ethyl adjacent to an activating group) is 1. The number of amides is 1. The minimum absolute atomic E-state index is 0.131. The van der Waals surface area contributed by atoms with E-state index < -0.39 is 17.9 Å². The predicted molar refractivity (Wildman–Crippen MR) is 81.6 cm³/mol. The fourth-order valence-electron chi connectivity index (χ4n) is 2.43. The van der Waals surface area contributed by atoms with E-state index in [9.17, 15) is 14.7 Å². The van der Waals surface area contributed by atoms with Crippen LogP contribution in [-0.4, -0.2) is 47.7 Å². The van der Waals surface area contributed by atoms with E-state index in [1.165, 1.54) is 0 Å². The van der Waals surface area contributed by atoms with Crippen LogP contribution < -0.4 is 0 Å². The Bertz CT molecular complexity index is 566. The molecule has 2 unspecified atom stereocenters. The van der Waals surface area contributed by atoms with E-state index >= 15 is 0 Å². The highest BCUT2D eigenvalue weighted by atomic mass is 79.9. The van der Waals surface area contributed by atoms with Crippen molar-refractivity contribution < 1.29 is 19.4 Å². The van der Waals surface area contributed by atoms with Crippen molar-refractivity contribution in [3.63, 3.8) is 0 Å². The first-order valence-corrected chi connectivity index (χ1v) is 7.69. The van der Waals surface area contributed by atoms with Crippen LogP contribution in [0.15, 0.2) is 22.7 Å². The van der Waals surface area contributed by atoms with E-state index in [0.29, 0.717) is 21.6 Å². The lowest BCUT2D eigenvalue weighted by Gasteiger charge is -2.29. The van der Waals surface area contributed by atoms with Crippen molar-refractivity contribution in [3.05, 3.63) is 33.3 Å². The van der Waals surface area contributed by atoms with Gasteiger partial charge in [-0.25, -0.2) is 0 Å². The molecule has 1 N–H and O–H groups in total. The smallest absolute Gasteiger partial charge is 0.311 e. The van der Waals surface area contributed by atoms with E-state index in [-0.39, 0.29) is 19.1 Å². The summed E-state index contributed by atoms with van der Waals surface area (Å²) < 4.78 is 5.83. The van der Waals surface area contributed by atoms with Crippen LogP contribution in [0.1, 0.15) is 17.3 Å². The Morgan fingerprint density at radius 2 is 2.19 bits per heavy atom. The SMILES string of the molecule is CCN(C(=O)c1ccc(Cl)cc1Br)C1COCC1C(=O)O. The van der Waals surface area contributed by atoms with Crippen molar-refractivity contribution in [3.8, 4) is 0 Å². The van der Waals surface area contributed by atoms with Gasteiger partial charge in [-0.2, -0.15) is 0 Å². The number of carboxylic acid groups (broad SMARTS) is 1. The molecule has 114 valence electrons. The molecule has 2 atom stereocenters. The molecule has 21 heavy (non-hydrogen) atoms. The maximum absolute atomic E-state index is 12.7. The van der Waals surface area contributed by atoms with E-state index in [1.807, 2.05) is 6.92 Å². The van der Waals surface area contributed by atoms with Gasteiger partial charge in [0.2, 0.25) is 0 Å². The second kappa shape index (κ2) is 6.77. The van der Waals surface area contributed by atoms with Gasteiger partial charge in [-0.1, -0.05) is 11.6 Å². The molecule has 1 aromatic carbocycles. The van der Waals surface area contributed by atoms with Gasteiger partial charge in [0.15, 0.2) is 0 Å². The van der Waals surface area contributed by atoms with E-state index in [0.717, 1.165) is 0 Å². The van der Waals surface area contributed by atoms with Crippen LogP contribution in [0.4, 0.5) is 0 Å². The lowest BCUT2D eigenvalue weighted by molar-refractivity contribution is -0.142. The number of rotatable bonds is 4. The van der Waals surface area contributed by atoms with Gasteiger partial charge < -0.3 is 14.7 Å². The summed E-state index contributed by atoms with van der Waals surface area (Å²) in [6, 6.07) is 4.45. The van der Waals surface area contributed by atoms with Crippen molar-refractivity contribution in [2.45, 2.75) is 13.0 Å². The van der Waals surface area contributed by atoms with Gasteiger partial charge in [-0.05, 0) is 41.1 Å². The van der Waals surface area contributed by atoms with Crippen molar-refractivity contribution in [2.75, 3.05) is 19.8 Å². The van der Waals surface area contributed by atoms with Crippen LogP contribution >= 0.6 is 27.5 Å². The van der Waals surface area contributed by atoms with Crippen LogP contribution in [-0.2, 0) is 9.53 Å². The highest BCUT2D eigenvalue weighted by molar-refractivity contribution is 9.10. The van der Waals surface area contributed by atoms with Gasteiger partial charge in [0.05, 0.1) is 24.8 Å². The van der Waals surface area contributed by atoms with Crippen molar-refractivity contribution in [1.82, 2.24) is 4.90 Å². The molecule has 1 aromatic rings. The zero-order valence-corrected chi connectivity index (χ0v) is 13.7. The monoisotopic (exact) mass is 375 g/mol. The minimum atomic E-state index is -0.945. The Morgan fingerprint density at radius 1 is 1.48 bits per heavy atom. The molecule has 1 aliphatic heterocycles. The Labute approximate surface area is 136 Å². The lowest BCUT2D eigenvalue weighted by Crippen LogP contribution is -2.46. The molecule has 1 heterocycles. The second-order valence-electron chi connectivity index (χ2n) is 4.76. The maximum atomic E-state index is 12.7. The van der Waals surface area contributed by atoms with Gasteiger partial charge >= 0.3 is 5.97 Å². The zero-order valence-electron chi connectivity index (χ0n) is 11.4. The lowest BCUT2D eigenvalue weighted by atomic mass is 10.0. The van der Waals surface area contributed by atoms with Gasteiger partial charge in [0.1, 0.15) is 5.92 Å². The van der Waals surface area contributed by atoms with Crippen LogP contribution in [0.25, 0.3) is 0 Å². The average Bonchev–Trinajstić information content (AvgIpc) is 2.88. The molecule has 0 saturated carbocycles. The molecule has 5 nitrogen and oxygen atoms in total. The quantitative estimate of drug-likeness (QED) is 0.877. The molecule has 7 heteroatoms. The van der Waals surface area contributed by atoms with Crippen molar-refractivity contribution in [1.29, 1.82) is 0 Å². The minimum Gasteiger partial charge on any atom is -0.481 e. The zero-order chi connectivity index (χ0) is 15.6. The molecule has 0 aromatic heterocycles. The molecule has 1 fully saturated rings. The highest BCUT2D eigenvalue weighted by Crippen LogP contribution is 2.26. The summed E-state index contributed by atoms with van der Waals surface area (Å²) in [4.78, 5) is 25.5. The molecular weight excluding hydrogens is 362 g/mol. The summed E-state index contributed by atoms with van der Waals surface area (Å²) in [5.74, 6) is -1.87. The molecule has 2 rings (SSSR count). The van der Waals surface area contributed by atoms with Gasteiger partial charge in [-0.15, -0.1) is 0 Å². The third kappa shape index (κ3) is 3.39.